The van der Waals surface area contributed by atoms with Gasteiger partial charge in [-0.3, -0.25) is 4.98 Å². The number of nitrogens with zero attached hydrogens (tertiary/aromatic N) is 6. The summed E-state index contributed by atoms with van der Waals surface area (Å²) >= 11 is 0. The first-order chi connectivity index (χ1) is 15.3. The third-order valence-corrected chi connectivity index (χ3v) is 4.50. The first-order valence-corrected chi connectivity index (χ1v) is 9.47. The van der Waals surface area contributed by atoms with Crippen LogP contribution < -0.4 is 10.6 Å². The van der Waals surface area contributed by atoms with Crippen molar-refractivity contribution in [1.82, 2.24) is 24.9 Å². The van der Waals surface area contributed by atoms with Gasteiger partial charge in [0.1, 0.15) is 6.07 Å². The van der Waals surface area contributed by atoms with Crippen molar-refractivity contribution in [3.8, 4) is 34.8 Å². The molecule has 0 aliphatic carbocycles. The van der Waals surface area contributed by atoms with Gasteiger partial charge in [0.05, 0.1) is 46.3 Å². The second-order valence-corrected chi connectivity index (χ2v) is 6.47. The highest BCUT2D eigenvalue weighted by Crippen LogP contribution is 2.28. The van der Waals surface area contributed by atoms with Gasteiger partial charge in [-0.15, -0.1) is 0 Å². The van der Waals surface area contributed by atoms with Gasteiger partial charge >= 0.3 is 0 Å². The Balaban J connectivity index is 1.44. The van der Waals surface area contributed by atoms with Crippen LogP contribution in [0, 0.1) is 22.7 Å². The molecule has 0 fully saturated rings. The van der Waals surface area contributed by atoms with E-state index in [9.17, 15) is 0 Å². The predicted molar refractivity (Wildman–Crippen MR) is 116 cm³/mol. The van der Waals surface area contributed by atoms with E-state index in [1.165, 1.54) is 6.20 Å². The number of imidazole rings is 1. The zero-order chi connectivity index (χ0) is 21.5. The van der Waals surface area contributed by atoms with E-state index in [0.717, 1.165) is 22.6 Å². The number of H-pyrrole nitrogens is 1. The Labute approximate surface area is 178 Å². The van der Waals surface area contributed by atoms with E-state index in [1.807, 2.05) is 12.1 Å². The summed E-state index contributed by atoms with van der Waals surface area (Å²) in [7, 11) is 0. The van der Waals surface area contributed by atoms with Crippen LogP contribution in [0.1, 0.15) is 11.1 Å². The molecule has 3 heterocycles. The molecule has 0 atom stereocenters. The zero-order valence-electron chi connectivity index (χ0n) is 16.4. The Morgan fingerprint density at radius 3 is 2.55 bits per heavy atom. The molecule has 150 valence electrons. The zero-order valence-corrected chi connectivity index (χ0v) is 16.4. The van der Waals surface area contributed by atoms with Crippen LogP contribution in [-0.4, -0.2) is 38.0 Å². The van der Waals surface area contributed by atoms with Gasteiger partial charge in [-0.05, 0) is 24.3 Å². The van der Waals surface area contributed by atoms with Gasteiger partial charge < -0.3 is 15.6 Å². The van der Waals surface area contributed by atoms with Gasteiger partial charge in [0.2, 0.25) is 5.95 Å². The molecule has 0 amide bonds. The summed E-state index contributed by atoms with van der Waals surface area (Å²) < 4.78 is 0. The van der Waals surface area contributed by atoms with E-state index < -0.39 is 0 Å². The summed E-state index contributed by atoms with van der Waals surface area (Å²) in [5.74, 6) is 0.481. The number of anilines is 2. The summed E-state index contributed by atoms with van der Waals surface area (Å²) in [5.41, 5.74) is 4.92. The number of hydrogen-bond donors (Lipinski definition) is 3. The van der Waals surface area contributed by atoms with Gasteiger partial charge in [-0.25, -0.2) is 15.0 Å². The quantitative estimate of drug-likeness (QED) is 0.397. The first kappa shape index (κ1) is 19.6. The van der Waals surface area contributed by atoms with Crippen LogP contribution in [0.15, 0.2) is 61.3 Å². The predicted octanol–water partition coefficient (Wildman–Crippen LogP) is 3.20. The standard InChI is InChI=1S/C22H17N9/c23-11-15-1-3-16(4-2-15)20-21(30-14-29-20)19-6-8-27-22(31-19)28-10-9-26-18-5-7-25-13-17(18)12-24/h1-8,13-14H,9-10H2,(H,25,26)(H,29,30)(H,27,28,31). The normalized spacial score (nSPS) is 10.1. The Morgan fingerprint density at radius 1 is 0.903 bits per heavy atom. The average Bonchev–Trinajstić information content (AvgIpc) is 3.32. The molecule has 0 unspecified atom stereocenters. The molecule has 0 aliphatic rings. The molecule has 9 heteroatoms. The lowest BCUT2D eigenvalue weighted by atomic mass is 10.1. The fourth-order valence-electron chi connectivity index (χ4n) is 3.00. The fraction of sp³-hybridized carbons (Fsp3) is 0.0909. The van der Waals surface area contributed by atoms with Crippen molar-refractivity contribution >= 4 is 11.6 Å². The Morgan fingerprint density at radius 2 is 1.74 bits per heavy atom. The Bertz CT molecular complexity index is 1260. The van der Waals surface area contributed by atoms with E-state index >= 15 is 0 Å². The van der Waals surface area contributed by atoms with E-state index in [4.69, 9.17) is 10.5 Å². The maximum absolute atomic E-state index is 9.12. The molecule has 3 N–H and O–H groups in total. The molecule has 0 bridgehead atoms. The average molecular weight is 407 g/mol. The number of hydrogen-bond acceptors (Lipinski definition) is 8. The highest BCUT2D eigenvalue weighted by molar-refractivity contribution is 5.76. The maximum Gasteiger partial charge on any atom is 0.223 e. The highest BCUT2D eigenvalue weighted by Gasteiger charge is 2.12. The van der Waals surface area contributed by atoms with Gasteiger partial charge in [0.15, 0.2) is 0 Å². The lowest BCUT2D eigenvalue weighted by molar-refractivity contribution is 1.02. The molecule has 1 aromatic carbocycles. The minimum absolute atomic E-state index is 0.481. The Kier molecular flexibility index (Phi) is 5.78. The molecule has 3 aromatic heterocycles. The van der Waals surface area contributed by atoms with E-state index in [-0.39, 0.29) is 0 Å². The van der Waals surface area contributed by atoms with Crippen molar-refractivity contribution in [2.75, 3.05) is 23.7 Å². The molecule has 31 heavy (non-hydrogen) atoms. The summed E-state index contributed by atoms with van der Waals surface area (Å²) in [6.45, 7) is 1.13. The number of aromatic nitrogens is 5. The summed E-state index contributed by atoms with van der Waals surface area (Å²) in [6.07, 6.45) is 6.46. The molecular weight excluding hydrogens is 390 g/mol. The number of rotatable bonds is 7. The molecule has 4 aromatic rings. The number of aromatic amines is 1. The minimum atomic E-state index is 0.481. The topological polar surface area (TPSA) is 139 Å². The second kappa shape index (κ2) is 9.16. The molecular formula is C22H17N9. The summed E-state index contributed by atoms with van der Waals surface area (Å²) in [5, 5.41) is 24.5. The van der Waals surface area contributed by atoms with Crippen molar-refractivity contribution < 1.29 is 0 Å². The highest BCUT2D eigenvalue weighted by atomic mass is 15.1. The lowest BCUT2D eigenvalue weighted by Gasteiger charge is -2.09. The first-order valence-electron chi connectivity index (χ1n) is 9.47. The van der Waals surface area contributed by atoms with Crippen molar-refractivity contribution in [3.05, 3.63) is 72.4 Å². The van der Waals surface area contributed by atoms with Crippen molar-refractivity contribution in [1.29, 1.82) is 10.5 Å². The largest absolute Gasteiger partial charge is 0.382 e. The SMILES string of the molecule is N#Cc1ccc(-c2nc[nH]c2-c2ccnc(NCCNc3ccncc3C#N)n2)cc1. The van der Waals surface area contributed by atoms with Gasteiger partial charge in [-0.1, -0.05) is 12.1 Å². The van der Waals surface area contributed by atoms with Crippen molar-refractivity contribution in [2.45, 2.75) is 0 Å². The number of nitrogens with one attached hydrogen (secondary N) is 3. The van der Waals surface area contributed by atoms with Crippen LogP contribution in [-0.2, 0) is 0 Å². The smallest absolute Gasteiger partial charge is 0.223 e. The molecule has 0 aliphatic heterocycles. The van der Waals surface area contributed by atoms with Crippen molar-refractivity contribution in [2.24, 2.45) is 0 Å². The van der Waals surface area contributed by atoms with Gasteiger partial charge in [0.25, 0.3) is 0 Å². The van der Waals surface area contributed by atoms with Crippen LogP contribution in [0.5, 0.6) is 0 Å². The number of benzene rings is 1. The minimum Gasteiger partial charge on any atom is -0.382 e. The summed E-state index contributed by atoms with van der Waals surface area (Å²) in [4.78, 5) is 20.3. The molecule has 0 saturated heterocycles. The van der Waals surface area contributed by atoms with Crippen LogP contribution in [0.4, 0.5) is 11.6 Å². The molecule has 0 saturated carbocycles. The maximum atomic E-state index is 9.12. The van der Waals surface area contributed by atoms with E-state index in [0.29, 0.717) is 35.9 Å². The number of nitriles is 2. The molecule has 0 spiro atoms. The fourth-order valence-corrected chi connectivity index (χ4v) is 3.00. The Hall–Kier alpha value is -4.76. The van der Waals surface area contributed by atoms with E-state index in [1.54, 1.807) is 43.0 Å². The van der Waals surface area contributed by atoms with Gasteiger partial charge in [-0.2, -0.15) is 10.5 Å². The van der Waals surface area contributed by atoms with Crippen LogP contribution in [0.3, 0.4) is 0 Å². The third kappa shape index (κ3) is 4.47. The molecule has 9 nitrogen and oxygen atoms in total. The molecule has 4 rings (SSSR count). The van der Waals surface area contributed by atoms with Crippen LogP contribution in [0.2, 0.25) is 0 Å². The molecule has 0 radical (unpaired) electrons. The third-order valence-electron chi connectivity index (χ3n) is 4.50. The van der Waals surface area contributed by atoms with Crippen molar-refractivity contribution in [3.63, 3.8) is 0 Å². The number of pyridine rings is 1. The monoisotopic (exact) mass is 407 g/mol. The van der Waals surface area contributed by atoms with Crippen LogP contribution in [0.25, 0.3) is 22.6 Å². The second-order valence-electron chi connectivity index (χ2n) is 6.47. The van der Waals surface area contributed by atoms with Crippen LogP contribution >= 0.6 is 0 Å². The summed E-state index contributed by atoms with van der Waals surface area (Å²) in [6, 6.07) is 15.0. The van der Waals surface area contributed by atoms with E-state index in [2.05, 4.69) is 47.7 Å². The van der Waals surface area contributed by atoms with Gasteiger partial charge in [0, 0.05) is 37.2 Å². The lowest BCUT2D eigenvalue weighted by Crippen LogP contribution is -2.15.